The van der Waals surface area contributed by atoms with Gasteiger partial charge in [-0.3, -0.25) is 35.1 Å². The molecule has 1 aliphatic rings. The number of nitro benzene ring substituents is 2. The molecule has 0 unspecified atom stereocenters. The van der Waals surface area contributed by atoms with Crippen LogP contribution >= 0.6 is 0 Å². The molecule has 2 aromatic rings. The average molecular weight is 442 g/mol. The molecular weight excluding hydrogens is 428 g/mol. The predicted molar refractivity (Wildman–Crippen MR) is 113 cm³/mol. The summed E-state index contributed by atoms with van der Waals surface area (Å²) in [5.74, 6) is 4.25. The second-order valence-electron chi connectivity index (χ2n) is 6.38. The summed E-state index contributed by atoms with van der Waals surface area (Å²) < 4.78 is 0. The van der Waals surface area contributed by atoms with Crippen molar-refractivity contribution in [2.45, 2.75) is 6.04 Å². The smallest absolute Gasteiger partial charge is 0.301 e. The molecule has 2 aromatic carbocycles. The van der Waals surface area contributed by atoms with Gasteiger partial charge in [-0.2, -0.15) is 5.10 Å². The van der Waals surface area contributed by atoms with Crippen LogP contribution in [0.1, 0.15) is 0 Å². The number of nitro groups is 3. The molecule has 3 rings (SSSR count). The number of hydrogen-bond acceptors (Lipinski definition) is 11. The number of hydrazone groups is 1. The second-order valence-corrected chi connectivity index (χ2v) is 6.38. The van der Waals surface area contributed by atoms with Gasteiger partial charge in [-0.25, -0.2) is 4.99 Å². The number of nitrogens with one attached hydrogen (secondary N) is 2. The van der Waals surface area contributed by atoms with Crippen molar-refractivity contribution in [3.8, 4) is 0 Å². The maximum absolute atomic E-state index is 12.6. The number of rotatable bonds is 7. The number of fused-ring (bicyclic) bond motifs is 1. The fourth-order valence-electron chi connectivity index (χ4n) is 2.91. The molecule has 1 aliphatic heterocycles. The van der Waals surface area contributed by atoms with E-state index in [9.17, 15) is 35.1 Å². The zero-order chi connectivity index (χ0) is 23.4. The molecule has 1 amide bonds. The second kappa shape index (κ2) is 8.82. The van der Waals surface area contributed by atoms with Gasteiger partial charge >= 0.3 is 6.04 Å². The van der Waals surface area contributed by atoms with Crippen molar-refractivity contribution in [1.29, 1.82) is 0 Å². The molecule has 0 saturated carbocycles. The molecule has 0 aromatic heterocycles. The van der Waals surface area contributed by atoms with Crippen LogP contribution in [-0.2, 0) is 4.79 Å². The predicted octanol–water partition coefficient (Wildman–Crippen LogP) is 1.60. The van der Waals surface area contributed by atoms with Crippen LogP contribution in [0.4, 0.5) is 28.4 Å². The maximum atomic E-state index is 12.6. The fourth-order valence-corrected chi connectivity index (χ4v) is 2.91. The summed E-state index contributed by atoms with van der Waals surface area (Å²) in [6, 6.07) is 6.70. The van der Waals surface area contributed by atoms with Crippen molar-refractivity contribution in [2.24, 2.45) is 15.9 Å². The van der Waals surface area contributed by atoms with Gasteiger partial charge in [0.1, 0.15) is 5.71 Å². The Morgan fingerprint density at radius 1 is 1.06 bits per heavy atom. The summed E-state index contributed by atoms with van der Waals surface area (Å²) >= 11 is 0. The fraction of sp³-hybridized carbons (Fsp3) is 0.118. The molecule has 164 valence electrons. The number of anilines is 2. The zero-order valence-corrected chi connectivity index (χ0v) is 16.0. The summed E-state index contributed by atoms with van der Waals surface area (Å²) in [6.07, 6.45) is 0. The summed E-state index contributed by atoms with van der Waals surface area (Å²) in [6.45, 7) is -0.139. The number of amides is 1. The van der Waals surface area contributed by atoms with Gasteiger partial charge in [-0.05, 0) is 18.2 Å². The van der Waals surface area contributed by atoms with Crippen LogP contribution in [0.15, 0.2) is 52.6 Å². The number of nitrogens with two attached hydrogens (primary N) is 1. The van der Waals surface area contributed by atoms with Crippen LogP contribution in [-0.4, -0.2) is 44.7 Å². The van der Waals surface area contributed by atoms with Crippen molar-refractivity contribution in [3.63, 3.8) is 0 Å². The molecule has 0 bridgehead atoms. The molecular formula is C17H14N8O7. The van der Waals surface area contributed by atoms with E-state index in [1.165, 1.54) is 24.3 Å². The largest absolute Gasteiger partial charge is 0.378 e. The topological polar surface area (TPSA) is 221 Å². The van der Waals surface area contributed by atoms with E-state index in [1.807, 2.05) is 0 Å². The highest BCUT2D eigenvalue weighted by atomic mass is 16.6. The molecule has 15 heteroatoms. The van der Waals surface area contributed by atoms with E-state index in [-0.39, 0.29) is 35.0 Å². The van der Waals surface area contributed by atoms with Crippen molar-refractivity contribution >= 4 is 45.8 Å². The number of benzene rings is 2. The van der Waals surface area contributed by atoms with Gasteiger partial charge in [0.2, 0.25) is 5.71 Å². The first-order valence-corrected chi connectivity index (χ1v) is 8.78. The Bertz CT molecular complexity index is 1180. The number of nitrogens with zero attached hydrogens (tertiary/aromatic N) is 5. The van der Waals surface area contributed by atoms with E-state index in [4.69, 9.17) is 5.84 Å². The molecule has 15 nitrogen and oxygen atoms in total. The minimum atomic E-state index is -1.85. The lowest BCUT2D eigenvalue weighted by atomic mass is 10.0. The third kappa shape index (κ3) is 4.45. The van der Waals surface area contributed by atoms with Gasteiger partial charge < -0.3 is 16.5 Å². The lowest BCUT2D eigenvalue weighted by Gasteiger charge is -2.20. The highest BCUT2D eigenvalue weighted by molar-refractivity contribution is 6.48. The van der Waals surface area contributed by atoms with Gasteiger partial charge in [-0.1, -0.05) is 0 Å². The van der Waals surface area contributed by atoms with E-state index < -0.39 is 32.4 Å². The number of carbonyl (C=O) groups is 1. The zero-order valence-electron chi connectivity index (χ0n) is 16.0. The van der Waals surface area contributed by atoms with Crippen LogP contribution in [0, 0.1) is 30.3 Å². The first kappa shape index (κ1) is 21.8. The minimum absolute atomic E-state index is 0.0828. The monoisotopic (exact) mass is 442 g/mol. The van der Waals surface area contributed by atoms with Crippen molar-refractivity contribution in [1.82, 2.24) is 0 Å². The summed E-state index contributed by atoms with van der Waals surface area (Å²) in [5, 5.41) is 41.9. The van der Waals surface area contributed by atoms with E-state index >= 15 is 0 Å². The highest BCUT2D eigenvalue weighted by Crippen LogP contribution is 2.32. The van der Waals surface area contributed by atoms with E-state index in [2.05, 4.69) is 20.7 Å². The molecule has 0 saturated heterocycles. The number of aliphatic imine (C=N–C) groups is 1. The Kier molecular flexibility index (Phi) is 6.00. The number of hydrogen-bond donors (Lipinski definition) is 3. The average Bonchev–Trinajstić information content (AvgIpc) is 2.76. The van der Waals surface area contributed by atoms with Crippen LogP contribution in [0.2, 0.25) is 0 Å². The Morgan fingerprint density at radius 3 is 2.25 bits per heavy atom. The van der Waals surface area contributed by atoms with Gasteiger partial charge in [0.25, 0.3) is 17.3 Å². The Hall–Kier alpha value is -4.95. The van der Waals surface area contributed by atoms with Crippen molar-refractivity contribution < 1.29 is 19.6 Å². The normalized spacial score (nSPS) is 13.8. The van der Waals surface area contributed by atoms with Gasteiger partial charge in [0.15, 0.2) is 0 Å². The highest BCUT2D eigenvalue weighted by Gasteiger charge is 2.39. The van der Waals surface area contributed by atoms with E-state index in [0.717, 1.165) is 18.2 Å². The summed E-state index contributed by atoms with van der Waals surface area (Å²) in [7, 11) is 0. The molecule has 0 fully saturated rings. The van der Waals surface area contributed by atoms with E-state index in [1.54, 1.807) is 0 Å². The molecule has 0 spiro atoms. The lowest BCUT2D eigenvalue weighted by Crippen LogP contribution is -2.47. The number of carbonyl (C=O) groups excluding carboxylic acids is 1. The molecule has 1 heterocycles. The molecule has 0 aliphatic carbocycles. The molecule has 4 N–H and O–H groups in total. The van der Waals surface area contributed by atoms with Gasteiger partial charge in [0, 0.05) is 34.9 Å². The first-order chi connectivity index (χ1) is 15.2. The lowest BCUT2D eigenvalue weighted by molar-refractivity contribution is -0.484. The quantitative estimate of drug-likeness (QED) is 0.245. The third-order valence-corrected chi connectivity index (χ3v) is 4.41. The van der Waals surface area contributed by atoms with Gasteiger partial charge in [-0.15, -0.1) is 0 Å². The van der Waals surface area contributed by atoms with Crippen LogP contribution in [0.3, 0.4) is 0 Å². The number of non-ortho nitro benzene ring substituents is 2. The summed E-state index contributed by atoms with van der Waals surface area (Å²) in [5.41, 5.74) is -0.684. The van der Waals surface area contributed by atoms with Crippen molar-refractivity contribution in [2.75, 3.05) is 17.2 Å². The van der Waals surface area contributed by atoms with Crippen LogP contribution < -0.4 is 16.5 Å². The standard InChI is InChI=1S/C17H14N8O7/c18-22-15(17(26)20-9-1-3-10(4-2-9)23(27)28)16(25(31)32)14-8-19-12-6-5-11(24(29)30)7-13(12)21-14/h1-7,16,19H,8,18H2,(H,20,26)/b22-15-/t16-/m1/s1. The Labute approximate surface area is 178 Å². The molecule has 32 heavy (non-hydrogen) atoms. The summed E-state index contributed by atoms with van der Waals surface area (Å²) in [4.78, 5) is 48.1. The van der Waals surface area contributed by atoms with Crippen LogP contribution in [0.25, 0.3) is 0 Å². The first-order valence-electron chi connectivity index (χ1n) is 8.78. The van der Waals surface area contributed by atoms with E-state index in [0.29, 0.717) is 5.69 Å². The molecule has 0 radical (unpaired) electrons. The minimum Gasteiger partial charge on any atom is -0.378 e. The van der Waals surface area contributed by atoms with Crippen LogP contribution in [0.5, 0.6) is 0 Å². The SMILES string of the molecule is N/N=C(\C(=O)Nc1ccc([N+](=O)[O-])cc1)[C@@H](C1=Nc2cc([N+](=O)[O-])ccc2NC1)[N+](=O)[O-]. The van der Waals surface area contributed by atoms with Crippen molar-refractivity contribution in [3.05, 3.63) is 72.8 Å². The maximum Gasteiger partial charge on any atom is 0.301 e. The Balaban J connectivity index is 1.90. The third-order valence-electron chi connectivity index (χ3n) is 4.41. The Morgan fingerprint density at radius 2 is 1.69 bits per heavy atom. The van der Waals surface area contributed by atoms with Gasteiger partial charge in [0.05, 0.1) is 27.8 Å². The molecule has 1 atom stereocenters.